The molecule has 0 aliphatic rings. The Morgan fingerprint density at radius 2 is 1.96 bits per heavy atom. The molecule has 7 heteroatoms. The highest BCUT2D eigenvalue weighted by Gasteiger charge is 2.16. The first-order valence-electron chi connectivity index (χ1n) is 9.23. The number of methoxy groups -OCH3 is 1. The lowest BCUT2D eigenvalue weighted by molar-refractivity contribution is 0.190. The van der Waals surface area contributed by atoms with Crippen molar-refractivity contribution in [2.24, 2.45) is 0 Å². The average Bonchev–Trinajstić information content (AvgIpc) is 3.13. The molecule has 2 heterocycles. The van der Waals surface area contributed by atoms with Crippen LogP contribution in [0.5, 0.6) is 0 Å². The summed E-state index contributed by atoms with van der Waals surface area (Å²) in [4.78, 5) is 13.0. The Balaban J connectivity index is 1.79. The number of aromatic nitrogens is 4. The van der Waals surface area contributed by atoms with Crippen LogP contribution < -0.4 is 5.56 Å². The van der Waals surface area contributed by atoms with E-state index in [4.69, 9.17) is 4.74 Å². The maximum absolute atomic E-state index is 13.0. The van der Waals surface area contributed by atoms with Crippen molar-refractivity contribution in [1.82, 2.24) is 19.2 Å². The molecule has 2 aromatic heterocycles. The second kappa shape index (κ2) is 8.16. The summed E-state index contributed by atoms with van der Waals surface area (Å²) < 4.78 is 8.83. The highest BCUT2D eigenvalue weighted by atomic mass is 32.2. The van der Waals surface area contributed by atoms with Gasteiger partial charge in [-0.1, -0.05) is 53.7 Å². The molecule has 0 unspecified atom stereocenters. The van der Waals surface area contributed by atoms with Gasteiger partial charge in [-0.15, -0.1) is 10.2 Å². The molecular formula is C21H22N4O2S. The van der Waals surface area contributed by atoms with E-state index in [0.29, 0.717) is 24.3 Å². The first-order valence-corrected chi connectivity index (χ1v) is 10.2. The molecule has 4 aromatic rings. The Hall–Kier alpha value is -2.64. The zero-order chi connectivity index (χ0) is 19.5. The van der Waals surface area contributed by atoms with E-state index in [-0.39, 0.29) is 5.56 Å². The molecule has 0 N–H and O–H groups in total. The molecular weight excluding hydrogens is 372 g/mol. The van der Waals surface area contributed by atoms with Gasteiger partial charge >= 0.3 is 0 Å². The van der Waals surface area contributed by atoms with Gasteiger partial charge in [0, 0.05) is 26.0 Å². The van der Waals surface area contributed by atoms with Crippen molar-refractivity contribution < 1.29 is 4.74 Å². The second-order valence-electron chi connectivity index (χ2n) is 6.72. The number of hydrogen-bond donors (Lipinski definition) is 0. The van der Waals surface area contributed by atoms with Crippen LogP contribution in [0.1, 0.15) is 17.5 Å². The first kappa shape index (κ1) is 18.7. The third-order valence-electron chi connectivity index (χ3n) is 4.66. The lowest BCUT2D eigenvalue weighted by atomic mass is 10.2. The van der Waals surface area contributed by atoms with Crippen molar-refractivity contribution >= 4 is 28.4 Å². The zero-order valence-corrected chi connectivity index (χ0v) is 16.8. The molecule has 144 valence electrons. The standard InChI is InChI=1S/C21H22N4O2S/c1-15-7-5-8-16(13-15)14-28-21-23-22-20-24(11-6-12-27-2)19(26)17-9-3-4-10-18(17)25(20)21/h3-5,7-10,13H,6,11-12,14H2,1-2H3. The van der Waals surface area contributed by atoms with Crippen LogP contribution >= 0.6 is 11.8 Å². The van der Waals surface area contributed by atoms with Crippen LogP contribution in [0.25, 0.3) is 16.7 Å². The smallest absolute Gasteiger partial charge is 0.262 e. The van der Waals surface area contributed by atoms with E-state index >= 15 is 0 Å². The van der Waals surface area contributed by atoms with Gasteiger partial charge in [0.15, 0.2) is 5.16 Å². The van der Waals surface area contributed by atoms with Crippen LogP contribution in [-0.4, -0.2) is 32.9 Å². The van der Waals surface area contributed by atoms with Crippen molar-refractivity contribution in [2.75, 3.05) is 13.7 Å². The minimum absolute atomic E-state index is 0.0400. The van der Waals surface area contributed by atoms with Gasteiger partial charge in [-0.2, -0.15) is 0 Å². The SMILES string of the molecule is COCCCn1c(=O)c2ccccc2n2c(SCc3cccc(C)c3)nnc12. The van der Waals surface area contributed by atoms with Gasteiger partial charge in [0.05, 0.1) is 10.9 Å². The highest BCUT2D eigenvalue weighted by Crippen LogP contribution is 2.25. The van der Waals surface area contributed by atoms with Gasteiger partial charge in [0.1, 0.15) is 0 Å². The van der Waals surface area contributed by atoms with E-state index in [9.17, 15) is 4.79 Å². The summed E-state index contributed by atoms with van der Waals surface area (Å²) in [6.45, 7) is 3.23. The van der Waals surface area contributed by atoms with Gasteiger partial charge in [0.2, 0.25) is 5.78 Å². The number of benzene rings is 2. The molecule has 0 bridgehead atoms. The summed E-state index contributed by atoms with van der Waals surface area (Å²) in [5.41, 5.74) is 3.27. The van der Waals surface area contributed by atoms with Crippen molar-refractivity contribution in [3.8, 4) is 0 Å². The predicted molar refractivity (Wildman–Crippen MR) is 112 cm³/mol. The number of rotatable bonds is 7. The molecule has 0 amide bonds. The second-order valence-corrected chi connectivity index (χ2v) is 7.66. The van der Waals surface area contributed by atoms with Gasteiger partial charge in [-0.05, 0) is 31.0 Å². The summed E-state index contributed by atoms with van der Waals surface area (Å²) in [5.74, 6) is 1.37. The van der Waals surface area contributed by atoms with E-state index < -0.39 is 0 Å². The number of fused-ring (bicyclic) bond motifs is 3. The minimum Gasteiger partial charge on any atom is -0.385 e. The van der Waals surface area contributed by atoms with Crippen LogP contribution in [0.4, 0.5) is 0 Å². The Morgan fingerprint density at radius 3 is 2.79 bits per heavy atom. The number of ether oxygens (including phenoxy) is 1. The maximum atomic E-state index is 13.0. The fourth-order valence-electron chi connectivity index (χ4n) is 3.35. The molecule has 0 atom stereocenters. The summed E-state index contributed by atoms with van der Waals surface area (Å²) in [6, 6.07) is 16.1. The van der Waals surface area contributed by atoms with E-state index in [2.05, 4.69) is 41.4 Å². The van der Waals surface area contributed by atoms with Crippen LogP contribution in [0.3, 0.4) is 0 Å². The van der Waals surface area contributed by atoms with Gasteiger partial charge in [-0.25, -0.2) is 0 Å². The van der Waals surface area contributed by atoms with Crippen molar-refractivity contribution in [1.29, 1.82) is 0 Å². The maximum Gasteiger partial charge on any atom is 0.262 e. The highest BCUT2D eigenvalue weighted by molar-refractivity contribution is 7.98. The Morgan fingerprint density at radius 1 is 1.11 bits per heavy atom. The molecule has 0 saturated heterocycles. The normalized spacial score (nSPS) is 11.5. The van der Waals surface area contributed by atoms with Crippen molar-refractivity contribution in [3.63, 3.8) is 0 Å². The molecule has 2 aromatic carbocycles. The van der Waals surface area contributed by atoms with E-state index in [0.717, 1.165) is 22.8 Å². The molecule has 0 aliphatic carbocycles. The van der Waals surface area contributed by atoms with E-state index in [1.807, 2.05) is 28.7 Å². The average molecular weight is 395 g/mol. The van der Waals surface area contributed by atoms with Crippen molar-refractivity contribution in [3.05, 3.63) is 70.0 Å². The molecule has 0 fully saturated rings. The number of nitrogens with zero attached hydrogens (tertiary/aromatic N) is 4. The van der Waals surface area contributed by atoms with Crippen LogP contribution in [0.15, 0.2) is 58.5 Å². The van der Waals surface area contributed by atoms with E-state index in [1.54, 1.807) is 23.4 Å². The largest absolute Gasteiger partial charge is 0.385 e. The Labute approximate surface area is 167 Å². The number of aryl methyl sites for hydroxylation is 2. The number of para-hydroxylation sites is 1. The molecule has 0 radical (unpaired) electrons. The summed E-state index contributed by atoms with van der Waals surface area (Å²) >= 11 is 1.63. The molecule has 0 aliphatic heterocycles. The van der Waals surface area contributed by atoms with Crippen LogP contribution in [-0.2, 0) is 17.0 Å². The van der Waals surface area contributed by atoms with Crippen LogP contribution in [0, 0.1) is 6.92 Å². The topological polar surface area (TPSA) is 61.4 Å². The minimum atomic E-state index is -0.0400. The summed E-state index contributed by atoms with van der Waals surface area (Å²) in [7, 11) is 1.66. The Kier molecular flexibility index (Phi) is 5.45. The first-order chi connectivity index (χ1) is 13.7. The lowest BCUT2D eigenvalue weighted by Gasteiger charge is -2.11. The number of hydrogen-bond acceptors (Lipinski definition) is 5. The van der Waals surface area contributed by atoms with Gasteiger partial charge in [-0.3, -0.25) is 13.8 Å². The molecule has 0 saturated carbocycles. The van der Waals surface area contributed by atoms with Crippen molar-refractivity contribution in [2.45, 2.75) is 30.8 Å². The Bertz CT molecular complexity index is 1180. The lowest BCUT2D eigenvalue weighted by Crippen LogP contribution is -2.24. The monoisotopic (exact) mass is 394 g/mol. The third-order valence-corrected chi connectivity index (χ3v) is 5.66. The summed E-state index contributed by atoms with van der Waals surface area (Å²) in [6.07, 6.45) is 0.739. The third kappa shape index (κ3) is 3.55. The molecule has 6 nitrogen and oxygen atoms in total. The van der Waals surface area contributed by atoms with Gasteiger partial charge in [0.25, 0.3) is 5.56 Å². The predicted octanol–water partition coefficient (Wildman–Crippen LogP) is 3.68. The fraction of sp³-hybridized carbons (Fsp3) is 0.286. The molecule has 28 heavy (non-hydrogen) atoms. The molecule has 0 spiro atoms. The quantitative estimate of drug-likeness (QED) is 0.353. The summed E-state index contributed by atoms with van der Waals surface area (Å²) in [5, 5.41) is 10.2. The molecule has 4 rings (SSSR count). The van der Waals surface area contributed by atoms with Crippen LogP contribution in [0.2, 0.25) is 0 Å². The zero-order valence-electron chi connectivity index (χ0n) is 16.0. The van der Waals surface area contributed by atoms with Gasteiger partial charge < -0.3 is 4.74 Å². The fourth-order valence-corrected chi connectivity index (χ4v) is 4.23. The van der Waals surface area contributed by atoms with E-state index in [1.165, 1.54) is 11.1 Å². The number of thioether (sulfide) groups is 1.